The van der Waals surface area contributed by atoms with Gasteiger partial charge >= 0.3 is 0 Å². The summed E-state index contributed by atoms with van der Waals surface area (Å²) in [4.78, 5) is 16.2. The van der Waals surface area contributed by atoms with E-state index in [0.29, 0.717) is 18.6 Å². The average Bonchev–Trinajstić information content (AvgIpc) is 2.46. The van der Waals surface area contributed by atoms with Crippen molar-refractivity contribution in [1.29, 1.82) is 0 Å². The van der Waals surface area contributed by atoms with E-state index in [-0.39, 0.29) is 5.78 Å². The lowest BCUT2D eigenvalue weighted by molar-refractivity contribution is 0.0992. The average molecular weight is 255 g/mol. The van der Waals surface area contributed by atoms with Crippen molar-refractivity contribution in [3.05, 3.63) is 59.9 Å². The van der Waals surface area contributed by atoms with Gasteiger partial charge in [-0.2, -0.15) is 0 Å². The second-order valence-electron chi connectivity index (χ2n) is 4.29. The molecule has 0 N–H and O–H groups in total. The Morgan fingerprint density at radius 2 is 1.95 bits per heavy atom. The highest BCUT2D eigenvalue weighted by Gasteiger charge is 2.07. The fourth-order valence-electron chi connectivity index (χ4n) is 1.73. The highest BCUT2D eigenvalue weighted by Crippen LogP contribution is 2.14. The van der Waals surface area contributed by atoms with Gasteiger partial charge in [0.25, 0.3) is 0 Å². The van der Waals surface area contributed by atoms with Crippen molar-refractivity contribution in [1.82, 2.24) is 4.98 Å². The molecule has 1 heterocycles. The van der Waals surface area contributed by atoms with E-state index in [9.17, 15) is 4.79 Å². The molecule has 2 rings (SSSR count). The van der Waals surface area contributed by atoms with Crippen LogP contribution in [0.15, 0.2) is 48.7 Å². The first-order chi connectivity index (χ1) is 9.29. The van der Waals surface area contributed by atoms with Crippen molar-refractivity contribution in [2.24, 2.45) is 0 Å². The Hall–Kier alpha value is -2.16. The molecule has 0 aliphatic rings. The number of carbonyl (C=O) groups excluding carboxylic acids is 1. The fourth-order valence-corrected chi connectivity index (χ4v) is 1.73. The number of Topliss-reactive ketones (excluding diaryl/α,β-unsaturated/α-hetero) is 1. The molecule has 0 aliphatic carbocycles. The van der Waals surface area contributed by atoms with E-state index in [2.05, 4.69) is 11.9 Å². The maximum Gasteiger partial charge on any atom is 0.168 e. The third-order valence-corrected chi connectivity index (χ3v) is 2.72. The van der Waals surface area contributed by atoms with Crippen LogP contribution in [-0.4, -0.2) is 17.4 Å². The van der Waals surface area contributed by atoms with Crippen LogP contribution in [0.5, 0.6) is 5.75 Å². The largest absolute Gasteiger partial charge is 0.494 e. The smallest absolute Gasteiger partial charge is 0.168 e. The summed E-state index contributed by atoms with van der Waals surface area (Å²) >= 11 is 0. The van der Waals surface area contributed by atoms with Crippen LogP contribution >= 0.6 is 0 Å². The molecule has 3 nitrogen and oxygen atoms in total. The zero-order valence-corrected chi connectivity index (χ0v) is 11.0. The summed E-state index contributed by atoms with van der Waals surface area (Å²) in [6.07, 6.45) is 3.00. The summed E-state index contributed by atoms with van der Waals surface area (Å²) in [5, 5.41) is 0. The van der Waals surface area contributed by atoms with Crippen molar-refractivity contribution >= 4 is 5.78 Å². The number of pyridine rings is 1. The minimum atomic E-state index is 0.0701. The van der Waals surface area contributed by atoms with Crippen LogP contribution in [0.25, 0.3) is 0 Å². The van der Waals surface area contributed by atoms with E-state index < -0.39 is 0 Å². The highest BCUT2D eigenvalue weighted by molar-refractivity contribution is 5.97. The summed E-state index contributed by atoms with van der Waals surface area (Å²) < 4.78 is 5.48. The molecule has 19 heavy (non-hydrogen) atoms. The normalized spacial score (nSPS) is 10.2. The second kappa shape index (κ2) is 6.69. The molecule has 0 spiro atoms. The van der Waals surface area contributed by atoms with E-state index in [1.165, 1.54) is 0 Å². The zero-order chi connectivity index (χ0) is 13.5. The predicted octanol–water partition coefficient (Wildman–Crippen LogP) is 3.30. The van der Waals surface area contributed by atoms with Crippen LogP contribution in [0.3, 0.4) is 0 Å². The molecule has 1 aromatic heterocycles. The van der Waals surface area contributed by atoms with Crippen LogP contribution < -0.4 is 4.74 Å². The Kier molecular flexibility index (Phi) is 4.67. The van der Waals surface area contributed by atoms with Gasteiger partial charge in [-0.1, -0.05) is 13.0 Å². The lowest BCUT2D eigenvalue weighted by atomic mass is 10.1. The number of benzene rings is 1. The molecule has 0 unspecified atom stereocenters. The minimum absolute atomic E-state index is 0.0701. The molecular formula is C16H17NO2. The number of ether oxygens (including phenoxy) is 1. The Bertz CT molecular complexity index is 520. The maximum atomic E-state index is 12.1. The maximum absolute atomic E-state index is 12.1. The first-order valence-electron chi connectivity index (χ1n) is 6.45. The Morgan fingerprint density at radius 1 is 1.16 bits per heavy atom. The number of nitrogens with zero attached hydrogens (tertiary/aromatic N) is 1. The SMILES string of the molecule is CCCOc1ccc(C(=O)Cc2ccccn2)cc1. The fraction of sp³-hybridized carbons (Fsp3) is 0.250. The Morgan fingerprint density at radius 3 is 2.58 bits per heavy atom. The van der Waals surface area contributed by atoms with E-state index >= 15 is 0 Å². The third kappa shape index (κ3) is 3.91. The molecule has 0 saturated carbocycles. The van der Waals surface area contributed by atoms with Crippen LogP contribution in [0.1, 0.15) is 29.4 Å². The molecule has 3 heteroatoms. The Balaban J connectivity index is 1.99. The number of carbonyl (C=O) groups is 1. The number of hydrogen-bond acceptors (Lipinski definition) is 3. The summed E-state index contributed by atoms with van der Waals surface area (Å²) in [6, 6.07) is 12.9. The number of ketones is 1. The van der Waals surface area contributed by atoms with Crippen molar-refractivity contribution in [3.8, 4) is 5.75 Å². The first kappa shape index (κ1) is 13.3. The molecule has 0 fully saturated rings. The van der Waals surface area contributed by atoms with Gasteiger partial charge in [-0.15, -0.1) is 0 Å². The highest BCUT2D eigenvalue weighted by atomic mass is 16.5. The van der Waals surface area contributed by atoms with Gasteiger partial charge in [-0.25, -0.2) is 0 Å². The van der Waals surface area contributed by atoms with Gasteiger partial charge in [0.15, 0.2) is 5.78 Å². The quantitative estimate of drug-likeness (QED) is 0.743. The van der Waals surface area contributed by atoms with Crippen molar-refractivity contribution in [2.45, 2.75) is 19.8 Å². The van der Waals surface area contributed by atoms with Gasteiger partial charge in [-0.3, -0.25) is 9.78 Å². The van der Waals surface area contributed by atoms with Crippen molar-refractivity contribution in [3.63, 3.8) is 0 Å². The number of aromatic nitrogens is 1. The molecule has 1 aromatic carbocycles. The Labute approximate surface area is 113 Å². The molecule has 0 bridgehead atoms. The lowest BCUT2D eigenvalue weighted by Gasteiger charge is -2.05. The molecule has 0 amide bonds. The van der Waals surface area contributed by atoms with Crippen molar-refractivity contribution < 1.29 is 9.53 Å². The predicted molar refractivity (Wildman–Crippen MR) is 74.5 cm³/mol. The van der Waals surface area contributed by atoms with Crippen LogP contribution in [0, 0.1) is 0 Å². The molecule has 2 aromatic rings. The van der Waals surface area contributed by atoms with Gasteiger partial charge < -0.3 is 4.74 Å². The molecular weight excluding hydrogens is 238 g/mol. The first-order valence-corrected chi connectivity index (χ1v) is 6.45. The zero-order valence-electron chi connectivity index (χ0n) is 11.0. The minimum Gasteiger partial charge on any atom is -0.494 e. The van der Waals surface area contributed by atoms with Crippen LogP contribution in [0.2, 0.25) is 0 Å². The van der Waals surface area contributed by atoms with Gasteiger partial charge in [0.05, 0.1) is 13.0 Å². The van der Waals surface area contributed by atoms with E-state index in [0.717, 1.165) is 17.9 Å². The standard InChI is InChI=1S/C16H17NO2/c1-2-11-19-15-8-6-13(7-9-15)16(18)12-14-5-3-4-10-17-14/h3-10H,2,11-12H2,1H3. The molecule has 0 atom stereocenters. The van der Waals surface area contributed by atoms with E-state index in [1.807, 2.05) is 30.3 Å². The second-order valence-corrected chi connectivity index (χ2v) is 4.29. The lowest BCUT2D eigenvalue weighted by Crippen LogP contribution is -2.05. The van der Waals surface area contributed by atoms with Crippen LogP contribution in [-0.2, 0) is 6.42 Å². The molecule has 0 saturated heterocycles. The summed E-state index contributed by atoms with van der Waals surface area (Å²) in [5.41, 5.74) is 1.48. The molecule has 0 radical (unpaired) electrons. The van der Waals surface area contributed by atoms with Crippen LogP contribution in [0.4, 0.5) is 0 Å². The topological polar surface area (TPSA) is 39.2 Å². The van der Waals surface area contributed by atoms with Gasteiger partial charge in [0.1, 0.15) is 5.75 Å². The van der Waals surface area contributed by atoms with Gasteiger partial charge in [-0.05, 0) is 42.8 Å². The molecule has 0 aliphatic heterocycles. The monoisotopic (exact) mass is 255 g/mol. The van der Waals surface area contributed by atoms with Crippen molar-refractivity contribution in [2.75, 3.05) is 6.61 Å². The number of rotatable bonds is 6. The van der Waals surface area contributed by atoms with E-state index in [1.54, 1.807) is 18.3 Å². The van der Waals surface area contributed by atoms with E-state index in [4.69, 9.17) is 4.74 Å². The third-order valence-electron chi connectivity index (χ3n) is 2.72. The summed E-state index contributed by atoms with van der Waals surface area (Å²) in [5.74, 6) is 0.872. The van der Waals surface area contributed by atoms with Gasteiger partial charge in [0.2, 0.25) is 0 Å². The van der Waals surface area contributed by atoms with Gasteiger partial charge in [0, 0.05) is 17.5 Å². The summed E-state index contributed by atoms with van der Waals surface area (Å²) in [7, 11) is 0. The number of hydrogen-bond donors (Lipinski definition) is 0. The summed E-state index contributed by atoms with van der Waals surface area (Å²) in [6.45, 7) is 2.76. The molecule has 98 valence electrons.